The Bertz CT molecular complexity index is 170. The van der Waals surface area contributed by atoms with E-state index in [4.69, 9.17) is 10.9 Å². The third kappa shape index (κ3) is 3.65. The molecule has 0 bridgehead atoms. The fourth-order valence-corrected chi connectivity index (χ4v) is 1.43. The number of rotatable bonds is 3. The van der Waals surface area contributed by atoms with Gasteiger partial charge in [-0.05, 0) is 19.9 Å². The molecule has 0 spiro atoms. The van der Waals surface area contributed by atoms with Gasteiger partial charge in [-0.2, -0.15) is 0 Å². The minimum absolute atomic E-state index is 0. The van der Waals surface area contributed by atoms with Gasteiger partial charge in [-0.1, -0.05) is 19.9 Å². The summed E-state index contributed by atoms with van der Waals surface area (Å²) < 4.78 is 0. The Morgan fingerprint density at radius 1 is 1.71 bits per heavy atom. The molecule has 0 amide bonds. The van der Waals surface area contributed by atoms with E-state index in [1.165, 1.54) is 0 Å². The Labute approximate surface area is 88.2 Å². The van der Waals surface area contributed by atoms with Crippen molar-refractivity contribution in [1.29, 1.82) is 0 Å². The van der Waals surface area contributed by atoms with Crippen molar-refractivity contribution in [3.63, 3.8) is 0 Å². The largest absolute Gasteiger partial charge is 0.390 e. The molecule has 4 heteroatoms. The molecule has 14 heavy (non-hydrogen) atoms. The van der Waals surface area contributed by atoms with Crippen LogP contribution in [-0.2, 0) is 0 Å². The van der Waals surface area contributed by atoms with E-state index >= 15 is 0 Å². The van der Waals surface area contributed by atoms with E-state index in [9.17, 15) is 0 Å². The van der Waals surface area contributed by atoms with Crippen molar-refractivity contribution < 1.29 is 6.53 Å². The molecule has 4 nitrogen and oxygen atoms in total. The van der Waals surface area contributed by atoms with Crippen LogP contribution in [0.1, 0.15) is 28.6 Å². The van der Waals surface area contributed by atoms with Crippen molar-refractivity contribution in [2.24, 2.45) is 5.84 Å². The molecule has 1 fully saturated rings. The predicted octanol–water partition coefficient (Wildman–Crippen LogP) is 0.692. The molecule has 86 valence electrons. The van der Waals surface area contributed by atoms with Gasteiger partial charge in [-0.25, -0.2) is 5.84 Å². The molecule has 1 heterocycles. The number of nitrogens with one attached hydrogen (secondary N) is 1. The molecule has 0 aliphatic carbocycles. The van der Waals surface area contributed by atoms with Crippen molar-refractivity contribution >= 4 is 0 Å². The Kier molecular flexibility index (Phi) is 7.47. The van der Waals surface area contributed by atoms with Crippen LogP contribution in [0.25, 0.3) is 0 Å². The van der Waals surface area contributed by atoms with Gasteiger partial charge < -0.3 is 15.4 Å². The van der Waals surface area contributed by atoms with E-state index in [0.717, 1.165) is 25.2 Å². The highest BCUT2D eigenvalue weighted by Crippen LogP contribution is 2.09. The lowest BCUT2D eigenvalue weighted by Crippen LogP contribution is -2.42. The maximum absolute atomic E-state index is 8.95. The van der Waals surface area contributed by atoms with Crippen molar-refractivity contribution in [2.45, 2.75) is 33.2 Å². The molecule has 1 atom stereocenters. The minimum atomic E-state index is 0. The van der Waals surface area contributed by atoms with Crippen LogP contribution in [0.4, 0.5) is 0 Å². The molecule has 1 saturated heterocycles. The molecule has 0 radical (unpaired) electrons. The van der Waals surface area contributed by atoms with Crippen LogP contribution < -0.4 is 11.2 Å². The third-order valence-corrected chi connectivity index (χ3v) is 2.25. The maximum atomic E-state index is 8.95. The van der Waals surface area contributed by atoms with Crippen LogP contribution in [0.5, 0.6) is 0 Å². The first kappa shape index (κ1) is 13.4. The number of hydrogen-bond acceptors (Lipinski definition) is 4. The molecule has 1 aliphatic heterocycles. The number of aliphatic hydroxyl groups is 1. The van der Waals surface area contributed by atoms with E-state index in [1.807, 2.05) is 26.8 Å². The summed E-state index contributed by atoms with van der Waals surface area (Å²) in [6.07, 6.45) is 2.90. The summed E-state index contributed by atoms with van der Waals surface area (Å²) in [4.78, 5) is 0. The van der Waals surface area contributed by atoms with Gasteiger partial charge in [-0.15, -0.1) is 0 Å². The topological polar surface area (TPSA) is 61.5 Å². The first-order chi connectivity index (χ1) is 6.79. The van der Waals surface area contributed by atoms with Crippen LogP contribution in [0, 0.1) is 0 Å². The van der Waals surface area contributed by atoms with Gasteiger partial charge in [0.1, 0.15) is 0 Å². The van der Waals surface area contributed by atoms with Gasteiger partial charge in [0, 0.05) is 7.97 Å². The second kappa shape index (κ2) is 7.79. The molecule has 0 aromatic carbocycles. The first-order valence-corrected chi connectivity index (χ1v) is 5.30. The lowest BCUT2D eigenvalue weighted by atomic mass is 10.2. The third-order valence-electron chi connectivity index (χ3n) is 2.25. The van der Waals surface area contributed by atoms with Gasteiger partial charge in [0.05, 0.1) is 18.3 Å². The van der Waals surface area contributed by atoms with E-state index in [-0.39, 0.29) is 8.03 Å². The predicted molar refractivity (Wildman–Crippen MR) is 61.6 cm³/mol. The van der Waals surface area contributed by atoms with Gasteiger partial charge in [0.25, 0.3) is 0 Å². The average molecular weight is 203 g/mol. The molecule has 0 aromatic rings. The Balaban J connectivity index is 0. The zero-order valence-corrected chi connectivity index (χ0v) is 9.45. The van der Waals surface area contributed by atoms with Crippen molar-refractivity contribution in [3.05, 3.63) is 11.8 Å². The van der Waals surface area contributed by atoms with Crippen LogP contribution >= 0.6 is 0 Å². The van der Waals surface area contributed by atoms with Gasteiger partial charge in [-0.3, -0.25) is 0 Å². The molecule has 1 rings (SSSR count). The van der Waals surface area contributed by atoms with E-state index < -0.39 is 0 Å². The summed E-state index contributed by atoms with van der Waals surface area (Å²) in [6.45, 7) is 7.83. The van der Waals surface area contributed by atoms with Gasteiger partial charge in [0.15, 0.2) is 0 Å². The highest BCUT2D eigenvalue weighted by molar-refractivity contribution is 5.01. The first-order valence-electron chi connectivity index (χ1n) is 5.30. The number of aliphatic hydroxyl groups excluding tert-OH is 1. The van der Waals surface area contributed by atoms with Crippen LogP contribution in [0.15, 0.2) is 11.8 Å². The zero-order valence-electron chi connectivity index (χ0n) is 9.45. The SMILES string of the molecule is C/C=C(/CO)N(N)[C@H]1CCNC1.CC.[HH]. The van der Waals surface area contributed by atoms with Crippen molar-refractivity contribution in [1.82, 2.24) is 10.3 Å². The summed E-state index contributed by atoms with van der Waals surface area (Å²) in [6, 6.07) is 0.336. The number of hydrogen-bond donors (Lipinski definition) is 3. The summed E-state index contributed by atoms with van der Waals surface area (Å²) in [5.74, 6) is 5.81. The minimum Gasteiger partial charge on any atom is -0.390 e. The van der Waals surface area contributed by atoms with Crippen molar-refractivity contribution in [2.75, 3.05) is 19.7 Å². The van der Waals surface area contributed by atoms with Crippen molar-refractivity contribution in [3.8, 4) is 0 Å². The fraction of sp³-hybridized carbons (Fsp3) is 0.800. The van der Waals surface area contributed by atoms with Gasteiger partial charge in [0.2, 0.25) is 0 Å². The van der Waals surface area contributed by atoms with E-state index in [2.05, 4.69) is 5.32 Å². The number of nitrogens with two attached hydrogens (primary N) is 1. The summed E-state index contributed by atoms with van der Waals surface area (Å²) >= 11 is 0. The van der Waals surface area contributed by atoms with Crippen LogP contribution in [0.3, 0.4) is 0 Å². The molecule has 4 N–H and O–H groups in total. The Morgan fingerprint density at radius 3 is 2.71 bits per heavy atom. The van der Waals surface area contributed by atoms with Gasteiger partial charge >= 0.3 is 0 Å². The lowest BCUT2D eigenvalue weighted by Gasteiger charge is -2.26. The number of allylic oxidation sites excluding steroid dienone is 1. The van der Waals surface area contributed by atoms with Crippen LogP contribution in [0.2, 0.25) is 0 Å². The average Bonchev–Trinajstić information content (AvgIpc) is 2.75. The summed E-state index contributed by atoms with van der Waals surface area (Å²) in [5.41, 5.74) is 0.795. The second-order valence-electron chi connectivity index (χ2n) is 2.99. The quantitative estimate of drug-likeness (QED) is 0.466. The molecule has 0 saturated carbocycles. The number of nitrogens with zero attached hydrogens (tertiary/aromatic N) is 1. The normalized spacial score (nSPS) is 21.5. The maximum Gasteiger partial charge on any atom is 0.0840 e. The highest BCUT2D eigenvalue weighted by atomic mass is 16.3. The monoisotopic (exact) mass is 203 g/mol. The number of hydrazine groups is 1. The molecular weight excluding hydrogens is 178 g/mol. The summed E-state index contributed by atoms with van der Waals surface area (Å²) in [7, 11) is 0. The smallest absolute Gasteiger partial charge is 0.0840 e. The molecular formula is C10H25N3O. The second-order valence-corrected chi connectivity index (χ2v) is 2.99. The summed E-state index contributed by atoms with van der Waals surface area (Å²) in [5, 5.41) is 13.8. The Morgan fingerprint density at radius 2 is 2.36 bits per heavy atom. The molecule has 0 aromatic heterocycles. The van der Waals surface area contributed by atoms with E-state index in [0.29, 0.717) is 6.04 Å². The highest BCUT2D eigenvalue weighted by Gasteiger charge is 2.20. The lowest BCUT2D eigenvalue weighted by molar-refractivity contribution is 0.215. The molecule has 1 aliphatic rings. The van der Waals surface area contributed by atoms with E-state index in [1.54, 1.807) is 5.01 Å². The zero-order chi connectivity index (χ0) is 11.0. The van der Waals surface area contributed by atoms with Crippen LogP contribution in [-0.4, -0.2) is 35.9 Å². The Hall–Kier alpha value is -0.580. The molecule has 0 unspecified atom stereocenters. The fourth-order valence-electron chi connectivity index (χ4n) is 1.43. The standard InChI is InChI=1S/C8H17N3O.C2H6.H2/c1-2-7(6-12)11(9)8-3-4-10-5-8;1-2;/h2,8,10,12H,3-6,9H2,1H3;1-2H3;1H/b7-2-;;/t8-;;/m0../s1.